The number of thioether (sulfide) groups is 1. The Hall–Kier alpha value is -0.480. The van der Waals surface area contributed by atoms with Crippen LogP contribution < -0.4 is 0 Å². The van der Waals surface area contributed by atoms with E-state index in [9.17, 15) is 4.79 Å². The van der Waals surface area contributed by atoms with Crippen molar-refractivity contribution in [3.63, 3.8) is 0 Å². The average molecular weight is 289 g/mol. The van der Waals surface area contributed by atoms with Crippen molar-refractivity contribution in [2.45, 2.75) is 24.8 Å². The van der Waals surface area contributed by atoms with Gasteiger partial charge < -0.3 is 4.74 Å². The molecule has 0 fully saturated rings. The first-order chi connectivity index (χ1) is 7.08. The summed E-state index contributed by atoms with van der Waals surface area (Å²) in [6.07, 6.45) is -0.0411. The third-order valence-electron chi connectivity index (χ3n) is 1.52. The van der Waals surface area contributed by atoms with E-state index in [1.54, 1.807) is 0 Å². The van der Waals surface area contributed by atoms with Crippen molar-refractivity contribution in [1.29, 1.82) is 0 Å². The smallest absolute Gasteiger partial charge is 0.316 e. The average Bonchev–Trinajstić information content (AvgIpc) is 2.14. The summed E-state index contributed by atoms with van der Waals surface area (Å²) in [4.78, 5) is 12.3. The Bertz CT molecular complexity index is 339. The number of carbonyl (C=O) groups excluding carboxylic acids is 1. The van der Waals surface area contributed by atoms with Crippen LogP contribution in [0.25, 0.3) is 0 Å². The van der Waals surface area contributed by atoms with Crippen molar-refractivity contribution < 1.29 is 9.53 Å². The second kappa shape index (κ2) is 6.18. The van der Waals surface area contributed by atoms with Gasteiger partial charge in [-0.25, -0.2) is 0 Å². The van der Waals surface area contributed by atoms with Crippen LogP contribution in [-0.2, 0) is 9.53 Å². The lowest BCUT2D eigenvalue weighted by atomic mass is 10.4. The quantitative estimate of drug-likeness (QED) is 0.627. The van der Waals surface area contributed by atoms with E-state index in [4.69, 9.17) is 4.74 Å². The van der Waals surface area contributed by atoms with E-state index in [1.807, 2.05) is 38.1 Å². The Kier molecular flexibility index (Phi) is 5.19. The van der Waals surface area contributed by atoms with Crippen LogP contribution in [0.1, 0.15) is 13.8 Å². The van der Waals surface area contributed by atoms with Gasteiger partial charge in [-0.1, -0.05) is 22.0 Å². The fourth-order valence-electron chi connectivity index (χ4n) is 0.996. The molecule has 0 unspecified atom stereocenters. The van der Waals surface area contributed by atoms with Crippen LogP contribution in [0.15, 0.2) is 33.6 Å². The standard InChI is InChI=1S/C11H13BrO2S/c1-8(2)14-11(13)7-15-10-5-3-4-9(12)6-10/h3-6,8H,7H2,1-2H3. The van der Waals surface area contributed by atoms with Gasteiger partial charge in [0.15, 0.2) is 0 Å². The van der Waals surface area contributed by atoms with Crippen LogP contribution >= 0.6 is 27.7 Å². The molecule has 0 amide bonds. The summed E-state index contributed by atoms with van der Waals surface area (Å²) in [5, 5.41) is 0. The third-order valence-corrected chi connectivity index (χ3v) is 2.98. The second-order valence-electron chi connectivity index (χ2n) is 3.28. The molecular formula is C11H13BrO2S. The molecule has 0 aliphatic carbocycles. The van der Waals surface area contributed by atoms with E-state index in [2.05, 4.69) is 15.9 Å². The molecule has 0 spiro atoms. The monoisotopic (exact) mass is 288 g/mol. The van der Waals surface area contributed by atoms with Gasteiger partial charge in [-0.15, -0.1) is 11.8 Å². The van der Waals surface area contributed by atoms with Gasteiger partial charge >= 0.3 is 5.97 Å². The van der Waals surface area contributed by atoms with E-state index in [0.29, 0.717) is 5.75 Å². The van der Waals surface area contributed by atoms with Crippen molar-refractivity contribution in [2.24, 2.45) is 0 Å². The molecule has 0 atom stereocenters. The first-order valence-corrected chi connectivity index (χ1v) is 6.43. The molecule has 0 aliphatic heterocycles. The van der Waals surface area contributed by atoms with Gasteiger partial charge in [0.1, 0.15) is 0 Å². The zero-order valence-corrected chi connectivity index (χ0v) is 11.1. The normalized spacial score (nSPS) is 10.4. The lowest BCUT2D eigenvalue weighted by Crippen LogP contribution is -2.13. The Morgan fingerprint density at radius 2 is 2.27 bits per heavy atom. The Labute approximate surface area is 103 Å². The van der Waals surface area contributed by atoms with Gasteiger partial charge in [0, 0.05) is 9.37 Å². The maximum atomic E-state index is 11.3. The summed E-state index contributed by atoms with van der Waals surface area (Å²) in [6, 6.07) is 7.85. The van der Waals surface area contributed by atoms with E-state index in [0.717, 1.165) is 9.37 Å². The molecule has 0 aliphatic rings. The zero-order chi connectivity index (χ0) is 11.3. The van der Waals surface area contributed by atoms with Gasteiger partial charge in [-0.2, -0.15) is 0 Å². The van der Waals surface area contributed by atoms with Crippen LogP contribution in [0, 0.1) is 0 Å². The van der Waals surface area contributed by atoms with Gasteiger partial charge in [0.05, 0.1) is 11.9 Å². The minimum absolute atomic E-state index is 0.0411. The molecule has 82 valence electrons. The maximum Gasteiger partial charge on any atom is 0.316 e. The highest BCUT2D eigenvalue weighted by Gasteiger charge is 2.06. The molecular weight excluding hydrogens is 276 g/mol. The maximum absolute atomic E-state index is 11.3. The molecule has 0 aromatic heterocycles. The summed E-state index contributed by atoms with van der Waals surface area (Å²) in [6.45, 7) is 3.70. The van der Waals surface area contributed by atoms with Crippen LogP contribution in [0.3, 0.4) is 0 Å². The predicted molar refractivity (Wildman–Crippen MR) is 66.1 cm³/mol. The molecule has 4 heteroatoms. The van der Waals surface area contributed by atoms with E-state index < -0.39 is 0 Å². The number of hydrogen-bond acceptors (Lipinski definition) is 3. The Morgan fingerprint density at radius 3 is 2.87 bits per heavy atom. The van der Waals surface area contributed by atoms with Crippen molar-refractivity contribution >= 4 is 33.7 Å². The minimum Gasteiger partial charge on any atom is -0.462 e. The fourth-order valence-corrected chi connectivity index (χ4v) is 2.28. The molecule has 0 N–H and O–H groups in total. The number of rotatable bonds is 4. The van der Waals surface area contributed by atoms with E-state index >= 15 is 0 Å². The largest absolute Gasteiger partial charge is 0.462 e. The molecule has 1 aromatic carbocycles. The predicted octanol–water partition coefficient (Wildman–Crippen LogP) is 3.49. The molecule has 0 heterocycles. The van der Waals surface area contributed by atoms with E-state index in [1.165, 1.54) is 11.8 Å². The second-order valence-corrected chi connectivity index (χ2v) is 5.25. The van der Waals surface area contributed by atoms with Crippen LogP contribution in [0.4, 0.5) is 0 Å². The van der Waals surface area contributed by atoms with Crippen molar-refractivity contribution in [1.82, 2.24) is 0 Å². The number of esters is 1. The van der Waals surface area contributed by atoms with Crippen LogP contribution in [0.5, 0.6) is 0 Å². The van der Waals surface area contributed by atoms with Gasteiger partial charge in [-0.05, 0) is 32.0 Å². The lowest BCUT2D eigenvalue weighted by Gasteiger charge is -2.07. The summed E-state index contributed by atoms with van der Waals surface area (Å²) in [5.74, 6) is 0.184. The topological polar surface area (TPSA) is 26.3 Å². The number of benzene rings is 1. The van der Waals surface area contributed by atoms with Gasteiger partial charge in [0.2, 0.25) is 0 Å². The summed E-state index contributed by atoms with van der Waals surface area (Å²) >= 11 is 4.86. The molecule has 15 heavy (non-hydrogen) atoms. The van der Waals surface area contributed by atoms with Crippen molar-refractivity contribution in [2.75, 3.05) is 5.75 Å². The van der Waals surface area contributed by atoms with E-state index in [-0.39, 0.29) is 12.1 Å². The van der Waals surface area contributed by atoms with Crippen LogP contribution in [-0.4, -0.2) is 17.8 Å². The molecule has 0 radical (unpaired) electrons. The Balaban J connectivity index is 2.40. The third kappa shape index (κ3) is 5.23. The van der Waals surface area contributed by atoms with Gasteiger partial charge in [0.25, 0.3) is 0 Å². The minimum atomic E-state index is -0.171. The molecule has 0 bridgehead atoms. The highest BCUT2D eigenvalue weighted by atomic mass is 79.9. The zero-order valence-electron chi connectivity index (χ0n) is 8.70. The number of hydrogen-bond donors (Lipinski definition) is 0. The highest BCUT2D eigenvalue weighted by molar-refractivity contribution is 9.10. The Morgan fingerprint density at radius 1 is 1.53 bits per heavy atom. The SMILES string of the molecule is CC(C)OC(=O)CSc1cccc(Br)c1. The summed E-state index contributed by atoms with van der Waals surface area (Å²) < 4.78 is 6.05. The van der Waals surface area contributed by atoms with Gasteiger partial charge in [-0.3, -0.25) is 4.79 Å². The molecule has 2 nitrogen and oxygen atoms in total. The molecule has 1 aromatic rings. The summed E-state index contributed by atoms with van der Waals surface area (Å²) in [5.41, 5.74) is 0. The van der Waals surface area contributed by atoms with Crippen molar-refractivity contribution in [3.8, 4) is 0 Å². The summed E-state index contributed by atoms with van der Waals surface area (Å²) in [7, 11) is 0. The number of carbonyl (C=O) groups is 1. The molecule has 0 saturated heterocycles. The van der Waals surface area contributed by atoms with Crippen molar-refractivity contribution in [3.05, 3.63) is 28.7 Å². The molecule has 0 saturated carbocycles. The highest BCUT2D eigenvalue weighted by Crippen LogP contribution is 2.21. The lowest BCUT2D eigenvalue weighted by molar-refractivity contribution is -0.144. The first-order valence-electron chi connectivity index (χ1n) is 4.66. The fraction of sp³-hybridized carbons (Fsp3) is 0.364. The number of halogens is 1. The number of ether oxygens (including phenoxy) is 1. The first kappa shape index (κ1) is 12.6. The molecule has 1 rings (SSSR count). The van der Waals surface area contributed by atoms with Crippen LogP contribution in [0.2, 0.25) is 0 Å².